The topological polar surface area (TPSA) is 109 Å². The lowest BCUT2D eigenvalue weighted by atomic mass is 10.1. The monoisotopic (exact) mass is 240 g/mol. The number of hydrogen-bond donors (Lipinski definition) is 3. The van der Waals surface area contributed by atoms with Gasteiger partial charge in [0.2, 0.25) is 11.8 Å². The Bertz CT molecular complexity index is 347. The summed E-state index contributed by atoms with van der Waals surface area (Å²) in [5.41, 5.74) is 4.90. The van der Waals surface area contributed by atoms with Crippen molar-refractivity contribution in [2.24, 2.45) is 5.73 Å². The molecule has 2 amide bonds. The van der Waals surface area contributed by atoms with Crippen LogP contribution in [0.3, 0.4) is 0 Å². The molecule has 0 aromatic carbocycles. The standard InChI is InChI=1S/C11H16N2O4/c1-2-3-4-5-10(15)13-8(11(16)17)6-7-9(12)14/h2-5,8H,6-7H2,1H3,(H2,12,14)(H,13,15)(H,16,17)/t8-/m1/s1. The van der Waals surface area contributed by atoms with Gasteiger partial charge in [-0.25, -0.2) is 4.79 Å². The molecule has 6 nitrogen and oxygen atoms in total. The Hall–Kier alpha value is -2.11. The molecule has 0 aliphatic carbocycles. The summed E-state index contributed by atoms with van der Waals surface area (Å²) >= 11 is 0. The lowest BCUT2D eigenvalue weighted by molar-refractivity contribution is -0.141. The van der Waals surface area contributed by atoms with E-state index in [4.69, 9.17) is 10.8 Å². The highest BCUT2D eigenvalue weighted by Crippen LogP contribution is 1.97. The lowest BCUT2D eigenvalue weighted by Gasteiger charge is -2.11. The molecule has 94 valence electrons. The molecule has 0 aliphatic rings. The summed E-state index contributed by atoms with van der Waals surface area (Å²) in [5.74, 6) is -2.33. The maximum absolute atomic E-state index is 11.3. The quantitative estimate of drug-likeness (QED) is 0.428. The van der Waals surface area contributed by atoms with Gasteiger partial charge in [0.1, 0.15) is 6.04 Å². The van der Waals surface area contributed by atoms with Gasteiger partial charge in [-0.05, 0) is 13.3 Å². The molecule has 0 aromatic rings. The van der Waals surface area contributed by atoms with E-state index in [0.29, 0.717) is 0 Å². The number of nitrogens with one attached hydrogen (secondary N) is 1. The SMILES string of the molecule is CC=CC=CC(=O)N[C@H](CCC(N)=O)C(=O)O. The largest absolute Gasteiger partial charge is 0.480 e. The van der Waals surface area contributed by atoms with Crippen LogP contribution in [0.15, 0.2) is 24.3 Å². The van der Waals surface area contributed by atoms with Gasteiger partial charge in [-0.3, -0.25) is 9.59 Å². The minimum absolute atomic E-state index is 0.0200. The first kappa shape index (κ1) is 14.9. The third-order valence-corrected chi connectivity index (χ3v) is 1.85. The molecule has 0 spiro atoms. The number of carbonyl (C=O) groups is 3. The van der Waals surface area contributed by atoms with Crippen LogP contribution in [0, 0.1) is 0 Å². The predicted octanol–water partition coefficient (Wildman–Crippen LogP) is -0.0464. The number of hydrogen-bond acceptors (Lipinski definition) is 3. The van der Waals surface area contributed by atoms with Crippen molar-refractivity contribution >= 4 is 17.8 Å². The van der Waals surface area contributed by atoms with Crippen molar-refractivity contribution in [3.05, 3.63) is 24.3 Å². The maximum Gasteiger partial charge on any atom is 0.326 e. The molecule has 0 aromatic heterocycles. The first-order chi connectivity index (χ1) is 7.97. The van der Waals surface area contributed by atoms with Crippen LogP contribution in [0.5, 0.6) is 0 Å². The smallest absolute Gasteiger partial charge is 0.326 e. The Morgan fingerprint density at radius 1 is 1.35 bits per heavy atom. The number of rotatable bonds is 7. The number of aliphatic carboxylic acids is 1. The van der Waals surface area contributed by atoms with E-state index in [1.807, 2.05) is 0 Å². The van der Waals surface area contributed by atoms with Gasteiger partial charge in [0.15, 0.2) is 0 Å². The molecule has 0 saturated carbocycles. The van der Waals surface area contributed by atoms with E-state index in [-0.39, 0.29) is 12.8 Å². The number of amides is 2. The van der Waals surface area contributed by atoms with Gasteiger partial charge >= 0.3 is 5.97 Å². The molecule has 0 aliphatic heterocycles. The second-order valence-electron chi connectivity index (χ2n) is 3.29. The van der Waals surface area contributed by atoms with Gasteiger partial charge in [0.25, 0.3) is 0 Å². The molecule has 0 rings (SSSR count). The molecule has 0 fully saturated rings. The summed E-state index contributed by atoms with van der Waals surface area (Å²) in [6, 6.07) is -1.11. The Labute approximate surface area is 99.2 Å². The number of allylic oxidation sites excluding steroid dienone is 3. The lowest BCUT2D eigenvalue weighted by Crippen LogP contribution is -2.40. The summed E-state index contributed by atoms with van der Waals surface area (Å²) < 4.78 is 0. The van der Waals surface area contributed by atoms with Gasteiger partial charge < -0.3 is 16.2 Å². The van der Waals surface area contributed by atoms with Crippen molar-refractivity contribution in [2.75, 3.05) is 0 Å². The van der Waals surface area contributed by atoms with Crippen LogP contribution in [0.1, 0.15) is 19.8 Å². The van der Waals surface area contributed by atoms with Crippen LogP contribution < -0.4 is 11.1 Å². The van der Waals surface area contributed by atoms with Gasteiger partial charge in [-0.2, -0.15) is 0 Å². The summed E-state index contributed by atoms with van der Waals surface area (Å²) in [4.78, 5) is 32.6. The predicted molar refractivity (Wildman–Crippen MR) is 61.9 cm³/mol. The molecule has 17 heavy (non-hydrogen) atoms. The molecule has 0 saturated heterocycles. The Balaban J connectivity index is 4.29. The average molecular weight is 240 g/mol. The second kappa shape index (κ2) is 8.09. The molecule has 0 bridgehead atoms. The normalized spacial score (nSPS) is 12.8. The van der Waals surface area contributed by atoms with E-state index in [2.05, 4.69) is 5.32 Å². The van der Waals surface area contributed by atoms with E-state index >= 15 is 0 Å². The van der Waals surface area contributed by atoms with Gasteiger partial charge in [-0.1, -0.05) is 18.2 Å². The number of nitrogens with two attached hydrogens (primary N) is 1. The second-order valence-corrected chi connectivity index (χ2v) is 3.29. The molecule has 0 unspecified atom stereocenters. The zero-order valence-electron chi connectivity index (χ0n) is 9.55. The molecular weight excluding hydrogens is 224 g/mol. The molecule has 1 atom stereocenters. The van der Waals surface area contributed by atoms with Crippen molar-refractivity contribution in [2.45, 2.75) is 25.8 Å². The Kier molecular flexibility index (Phi) is 7.09. The van der Waals surface area contributed by atoms with Crippen LogP contribution >= 0.6 is 0 Å². The number of carboxylic acids is 1. The molecular formula is C11H16N2O4. The number of carbonyl (C=O) groups excluding carboxylic acids is 2. The summed E-state index contributed by atoms with van der Waals surface area (Å²) in [6.45, 7) is 1.79. The Morgan fingerprint density at radius 3 is 2.47 bits per heavy atom. The average Bonchev–Trinajstić information content (AvgIpc) is 2.23. The third-order valence-electron chi connectivity index (χ3n) is 1.85. The van der Waals surface area contributed by atoms with E-state index < -0.39 is 23.8 Å². The van der Waals surface area contributed by atoms with E-state index in [1.54, 1.807) is 19.1 Å². The highest BCUT2D eigenvalue weighted by atomic mass is 16.4. The molecule has 4 N–H and O–H groups in total. The van der Waals surface area contributed by atoms with Gasteiger partial charge in [-0.15, -0.1) is 0 Å². The van der Waals surface area contributed by atoms with Crippen LogP contribution in [0.25, 0.3) is 0 Å². The van der Waals surface area contributed by atoms with E-state index in [0.717, 1.165) is 0 Å². The highest BCUT2D eigenvalue weighted by Gasteiger charge is 2.19. The first-order valence-electron chi connectivity index (χ1n) is 5.08. The van der Waals surface area contributed by atoms with E-state index in [9.17, 15) is 14.4 Å². The number of primary amides is 1. The van der Waals surface area contributed by atoms with Crippen molar-refractivity contribution in [1.29, 1.82) is 0 Å². The number of carboxylic acid groups (broad SMARTS) is 1. The minimum Gasteiger partial charge on any atom is -0.480 e. The highest BCUT2D eigenvalue weighted by molar-refractivity contribution is 5.91. The first-order valence-corrected chi connectivity index (χ1v) is 5.08. The van der Waals surface area contributed by atoms with Gasteiger partial charge in [0, 0.05) is 12.5 Å². The summed E-state index contributed by atoms with van der Waals surface area (Å²) in [5, 5.41) is 11.1. The van der Waals surface area contributed by atoms with Crippen molar-refractivity contribution in [1.82, 2.24) is 5.32 Å². The molecule has 6 heteroatoms. The van der Waals surface area contributed by atoms with Crippen LogP contribution in [-0.4, -0.2) is 28.9 Å². The minimum atomic E-state index is -1.20. The summed E-state index contributed by atoms with van der Waals surface area (Å²) in [6.07, 6.45) is 5.95. The van der Waals surface area contributed by atoms with E-state index in [1.165, 1.54) is 12.2 Å². The van der Waals surface area contributed by atoms with Gasteiger partial charge in [0.05, 0.1) is 0 Å². The third kappa shape index (κ3) is 7.78. The summed E-state index contributed by atoms with van der Waals surface area (Å²) in [7, 11) is 0. The molecule has 0 heterocycles. The van der Waals surface area contributed by atoms with Crippen molar-refractivity contribution in [3.63, 3.8) is 0 Å². The fourth-order valence-electron chi connectivity index (χ4n) is 1.02. The van der Waals surface area contributed by atoms with Crippen molar-refractivity contribution in [3.8, 4) is 0 Å². The van der Waals surface area contributed by atoms with Crippen molar-refractivity contribution < 1.29 is 19.5 Å². The maximum atomic E-state index is 11.3. The fourth-order valence-corrected chi connectivity index (χ4v) is 1.02. The molecule has 0 radical (unpaired) electrons. The van der Waals surface area contributed by atoms with Crippen LogP contribution in [-0.2, 0) is 14.4 Å². The zero-order valence-corrected chi connectivity index (χ0v) is 9.55. The zero-order chi connectivity index (χ0) is 13.3. The fraction of sp³-hybridized carbons (Fsp3) is 0.364. The Morgan fingerprint density at radius 2 is 2.00 bits per heavy atom. The van der Waals surface area contributed by atoms with Crippen LogP contribution in [0.4, 0.5) is 0 Å². The van der Waals surface area contributed by atoms with Crippen LogP contribution in [0.2, 0.25) is 0 Å².